The fourth-order valence-corrected chi connectivity index (χ4v) is 3.19. The van der Waals surface area contributed by atoms with Crippen LogP contribution in [-0.4, -0.2) is 28.5 Å². The van der Waals surface area contributed by atoms with Crippen molar-refractivity contribution in [2.45, 2.75) is 17.2 Å². The van der Waals surface area contributed by atoms with Crippen LogP contribution in [0.2, 0.25) is 0 Å². The Labute approximate surface area is 191 Å². The summed E-state index contributed by atoms with van der Waals surface area (Å²) in [4.78, 5) is 35.5. The van der Waals surface area contributed by atoms with Crippen molar-refractivity contribution in [3.05, 3.63) is 53.1 Å². The second kappa shape index (κ2) is 9.10. The summed E-state index contributed by atoms with van der Waals surface area (Å²) in [7, 11) is 0. The lowest BCUT2D eigenvalue weighted by Gasteiger charge is -2.13. The summed E-state index contributed by atoms with van der Waals surface area (Å²) in [5, 5.41) is 5.31. The summed E-state index contributed by atoms with van der Waals surface area (Å²) in [6, 6.07) is 2.39. The van der Waals surface area contributed by atoms with Crippen molar-refractivity contribution < 1.29 is 40.7 Å². The lowest BCUT2D eigenvalue weighted by Crippen LogP contribution is -2.22. The zero-order chi connectivity index (χ0) is 24.7. The van der Waals surface area contributed by atoms with Crippen molar-refractivity contribution in [3.63, 3.8) is 0 Å². The Bertz CT molecular complexity index is 1160. The average Bonchev–Trinajstić information content (AvgIpc) is 3.37. The van der Waals surface area contributed by atoms with E-state index >= 15 is 0 Å². The second-order valence-electron chi connectivity index (χ2n) is 6.85. The molecule has 1 saturated carbocycles. The predicted octanol–water partition coefficient (Wildman–Crippen LogP) is 4.83. The Kier molecular flexibility index (Phi) is 6.80. The Morgan fingerprint density at radius 3 is 2.15 bits per heavy atom. The quantitative estimate of drug-likeness (QED) is 0.382. The van der Waals surface area contributed by atoms with E-state index in [0.29, 0.717) is 24.3 Å². The molecule has 6 nitrogen and oxygen atoms in total. The molecule has 1 aliphatic carbocycles. The number of hydrogen-bond donors (Lipinski definition) is 3. The normalized spacial score (nSPS) is 16.3. The average molecular weight is 514 g/mol. The molecule has 2 aromatic rings. The number of anilines is 3. The first-order chi connectivity index (χ1) is 15.3. The highest BCUT2D eigenvalue weighted by atomic mass is 35.5. The van der Waals surface area contributed by atoms with Crippen LogP contribution in [0.3, 0.4) is 0 Å². The van der Waals surface area contributed by atoms with E-state index in [0.717, 1.165) is 0 Å². The number of rotatable bonds is 6. The van der Waals surface area contributed by atoms with Gasteiger partial charge in [-0.3, -0.25) is 14.4 Å². The van der Waals surface area contributed by atoms with Gasteiger partial charge in [-0.25, -0.2) is 17.6 Å². The van der Waals surface area contributed by atoms with Gasteiger partial charge in [0.05, 0.1) is 17.2 Å². The second-order valence-corrected chi connectivity index (χ2v) is 8.40. The Morgan fingerprint density at radius 1 is 0.939 bits per heavy atom. The molecule has 0 aliphatic heterocycles. The summed E-state index contributed by atoms with van der Waals surface area (Å²) in [5.74, 6) is -11.4. The van der Waals surface area contributed by atoms with Gasteiger partial charge in [0.15, 0.2) is 17.5 Å². The largest absolute Gasteiger partial charge is 0.326 e. The van der Waals surface area contributed by atoms with E-state index < -0.39 is 74.6 Å². The molecule has 3 rings (SSSR count). The first-order valence-electron chi connectivity index (χ1n) is 8.88. The molecular formula is C19H11Cl2F6N3O3. The first kappa shape index (κ1) is 24.6. The van der Waals surface area contributed by atoms with Crippen LogP contribution in [-0.2, 0) is 9.59 Å². The van der Waals surface area contributed by atoms with E-state index in [9.17, 15) is 40.7 Å². The summed E-state index contributed by atoms with van der Waals surface area (Å²) in [6.45, 7) is 0. The van der Waals surface area contributed by atoms with Crippen molar-refractivity contribution in [2.75, 3.05) is 16.0 Å². The molecule has 0 unspecified atom stereocenters. The summed E-state index contributed by atoms with van der Waals surface area (Å²) < 4.78 is 80.1. The van der Waals surface area contributed by atoms with Gasteiger partial charge in [-0.15, -0.1) is 23.2 Å². The Hall–Kier alpha value is -2.99. The Balaban J connectivity index is 1.86. The van der Waals surface area contributed by atoms with Crippen molar-refractivity contribution in [1.82, 2.24) is 0 Å². The number of carbonyl (C=O) groups excluding carboxylic acids is 3. The zero-order valence-electron chi connectivity index (χ0n) is 15.9. The van der Waals surface area contributed by atoms with Crippen LogP contribution in [0, 0.1) is 29.2 Å². The van der Waals surface area contributed by atoms with E-state index in [1.165, 1.54) is 5.32 Å². The smallest absolute Gasteiger partial charge is 0.315 e. The van der Waals surface area contributed by atoms with Crippen LogP contribution in [0.1, 0.15) is 16.8 Å². The third kappa shape index (κ3) is 5.33. The van der Waals surface area contributed by atoms with Gasteiger partial charge in [-0.1, -0.05) is 0 Å². The molecule has 2 aromatic carbocycles. The van der Waals surface area contributed by atoms with Crippen LogP contribution in [0.15, 0.2) is 24.3 Å². The van der Waals surface area contributed by atoms with Gasteiger partial charge in [0, 0.05) is 11.8 Å². The fourth-order valence-electron chi connectivity index (χ4n) is 2.69. The highest BCUT2D eigenvalue weighted by Gasteiger charge is 2.56. The van der Waals surface area contributed by atoms with Gasteiger partial charge in [-0.05, 0) is 24.6 Å². The molecule has 0 radical (unpaired) electrons. The number of halogens is 8. The zero-order valence-corrected chi connectivity index (χ0v) is 17.4. The molecule has 176 valence electrons. The monoisotopic (exact) mass is 513 g/mol. The van der Waals surface area contributed by atoms with Gasteiger partial charge in [0.25, 0.3) is 11.8 Å². The summed E-state index contributed by atoms with van der Waals surface area (Å²) >= 11 is 11.5. The van der Waals surface area contributed by atoms with Gasteiger partial charge in [-0.2, -0.15) is 8.78 Å². The molecule has 3 amide bonds. The number of alkyl halides is 4. The van der Waals surface area contributed by atoms with Gasteiger partial charge < -0.3 is 16.0 Å². The molecule has 0 aromatic heterocycles. The van der Waals surface area contributed by atoms with Gasteiger partial charge in [0.2, 0.25) is 5.91 Å². The molecule has 0 saturated heterocycles. The van der Waals surface area contributed by atoms with Crippen molar-refractivity contribution in [1.29, 1.82) is 0 Å². The molecule has 0 spiro atoms. The van der Waals surface area contributed by atoms with E-state index in [4.69, 9.17) is 23.2 Å². The van der Waals surface area contributed by atoms with E-state index in [-0.39, 0.29) is 12.1 Å². The van der Waals surface area contributed by atoms with Gasteiger partial charge in [0.1, 0.15) is 15.8 Å². The predicted molar refractivity (Wildman–Crippen MR) is 106 cm³/mol. The third-order valence-corrected chi connectivity index (χ3v) is 5.30. The minimum Gasteiger partial charge on any atom is -0.326 e. The molecule has 1 aliphatic rings. The molecule has 1 fully saturated rings. The number of carbonyl (C=O) groups is 3. The minimum absolute atomic E-state index is 0.107. The molecule has 0 bridgehead atoms. The third-order valence-electron chi connectivity index (χ3n) is 4.47. The van der Waals surface area contributed by atoms with Crippen molar-refractivity contribution in [2.24, 2.45) is 5.92 Å². The Morgan fingerprint density at radius 2 is 1.58 bits per heavy atom. The van der Waals surface area contributed by atoms with Crippen LogP contribution in [0.25, 0.3) is 0 Å². The van der Waals surface area contributed by atoms with E-state index in [1.807, 2.05) is 0 Å². The van der Waals surface area contributed by atoms with E-state index in [2.05, 4.69) is 5.32 Å². The summed E-state index contributed by atoms with van der Waals surface area (Å²) in [6.07, 6.45) is -3.41. The highest BCUT2D eigenvalue weighted by Crippen LogP contribution is 2.53. The van der Waals surface area contributed by atoms with Crippen LogP contribution in [0.4, 0.5) is 43.4 Å². The maximum atomic E-state index is 14.5. The first-order valence-corrected chi connectivity index (χ1v) is 9.63. The van der Waals surface area contributed by atoms with Crippen LogP contribution in [0.5, 0.6) is 0 Å². The topological polar surface area (TPSA) is 87.3 Å². The maximum absolute atomic E-state index is 14.5. The summed E-state index contributed by atoms with van der Waals surface area (Å²) in [5.41, 5.74) is -3.56. The SMILES string of the molecule is O=C(Nc1c(F)ccc(NC(=O)C(F)F)c1F)c1cc(NC(=O)[C@H]2CC2(Cl)Cl)cc(F)c1F. The maximum Gasteiger partial charge on any atom is 0.315 e. The van der Waals surface area contributed by atoms with Crippen LogP contribution < -0.4 is 16.0 Å². The number of hydrogen-bond acceptors (Lipinski definition) is 3. The molecule has 14 heteroatoms. The molecule has 3 N–H and O–H groups in total. The standard InChI is InChI=1S/C19H11Cl2F6N3O3/c20-19(21)5-8(19)17(32)28-6-3-7(12(24)10(23)4-6)16(31)30-14-9(22)1-2-11(13(14)25)29-18(33)15(26)27/h1-4,8,15H,5H2,(H,28,32)(H,29,33)(H,30,31)/t8-/m1/s1. The van der Waals surface area contributed by atoms with Gasteiger partial charge >= 0.3 is 6.43 Å². The lowest BCUT2D eigenvalue weighted by atomic mass is 10.1. The van der Waals surface area contributed by atoms with Crippen molar-refractivity contribution >= 4 is 58.0 Å². The molecule has 33 heavy (non-hydrogen) atoms. The number of nitrogens with one attached hydrogen (secondary N) is 3. The molecule has 1 atom stereocenters. The number of benzene rings is 2. The molecule has 0 heterocycles. The van der Waals surface area contributed by atoms with E-state index in [1.54, 1.807) is 5.32 Å². The highest BCUT2D eigenvalue weighted by molar-refractivity contribution is 6.52. The number of amides is 3. The van der Waals surface area contributed by atoms with Crippen LogP contribution >= 0.6 is 23.2 Å². The molecular weight excluding hydrogens is 503 g/mol. The minimum atomic E-state index is -3.51. The lowest BCUT2D eigenvalue weighted by molar-refractivity contribution is -0.126. The van der Waals surface area contributed by atoms with Crippen molar-refractivity contribution in [3.8, 4) is 0 Å². The fraction of sp³-hybridized carbons (Fsp3) is 0.211.